The molecule has 1 aromatic heterocycles. The molecule has 3 aromatic rings. The van der Waals surface area contributed by atoms with Gasteiger partial charge in [-0.3, -0.25) is 9.69 Å². The normalized spacial score (nSPS) is 16.1. The summed E-state index contributed by atoms with van der Waals surface area (Å²) in [5.74, 6) is 1.41. The third-order valence-corrected chi connectivity index (χ3v) is 5.53. The highest BCUT2D eigenvalue weighted by Crippen LogP contribution is 2.23. The molecule has 27 heavy (non-hydrogen) atoms. The van der Waals surface area contributed by atoms with E-state index in [1.807, 2.05) is 6.07 Å². The fourth-order valence-corrected chi connectivity index (χ4v) is 3.94. The number of piperidine rings is 1. The van der Waals surface area contributed by atoms with Gasteiger partial charge in [-0.05, 0) is 75.2 Å². The summed E-state index contributed by atoms with van der Waals surface area (Å²) in [5.41, 5.74) is 2.83. The number of likely N-dealkylation sites (tertiary alicyclic amines) is 1. The molecule has 1 aliphatic heterocycles. The molecule has 0 aliphatic carbocycles. The van der Waals surface area contributed by atoms with E-state index >= 15 is 0 Å². The van der Waals surface area contributed by atoms with Gasteiger partial charge in [-0.1, -0.05) is 12.1 Å². The highest BCUT2D eigenvalue weighted by atomic mass is 19.1. The molecule has 5 heteroatoms. The number of rotatable bonds is 5. The molecule has 0 atom stereocenters. The smallest absolute Gasteiger partial charge is 0.176 e. The molecule has 0 unspecified atom stereocenters. The predicted octanol–water partition coefficient (Wildman–Crippen LogP) is 4.08. The summed E-state index contributed by atoms with van der Waals surface area (Å²) in [5, 5.41) is 0. The zero-order valence-electron chi connectivity index (χ0n) is 15.6. The Morgan fingerprint density at radius 2 is 1.81 bits per heavy atom. The number of fused-ring (bicyclic) bond motifs is 1. The first kappa shape index (κ1) is 17.9. The van der Waals surface area contributed by atoms with Crippen LogP contribution in [-0.2, 0) is 6.54 Å². The number of aryl methyl sites for hydroxylation is 1. The van der Waals surface area contributed by atoms with Crippen molar-refractivity contribution in [3.63, 3.8) is 0 Å². The number of imidazole rings is 1. The summed E-state index contributed by atoms with van der Waals surface area (Å²) in [4.78, 5) is 19.2. The van der Waals surface area contributed by atoms with Crippen molar-refractivity contribution in [1.82, 2.24) is 14.5 Å². The molecule has 0 N–H and O–H groups in total. The van der Waals surface area contributed by atoms with E-state index in [2.05, 4.69) is 39.6 Å². The van der Waals surface area contributed by atoms with Gasteiger partial charge in [0, 0.05) is 12.1 Å². The topological polar surface area (TPSA) is 38.1 Å². The number of hydrogen-bond donors (Lipinski definition) is 0. The quantitative estimate of drug-likeness (QED) is 0.640. The highest BCUT2D eigenvalue weighted by Gasteiger charge is 2.22. The Hall–Kier alpha value is -2.53. The maximum Gasteiger partial charge on any atom is 0.176 e. The zero-order chi connectivity index (χ0) is 18.8. The molecule has 1 saturated heterocycles. The standard InChI is InChI=1S/C22H24FN3O/c1-16-24-20-4-2-3-5-21(20)26(16)14-17-10-12-25(13-11-17)15-22(27)18-6-8-19(23)9-7-18/h2-9,17H,10-15H2,1H3. The van der Waals surface area contributed by atoms with Gasteiger partial charge >= 0.3 is 0 Å². The summed E-state index contributed by atoms with van der Waals surface area (Å²) in [6.07, 6.45) is 2.14. The van der Waals surface area contributed by atoms with Crippen LogP contribution in [0.15, 0.2) is 48.5 Å². The van der Waals surface area contributed by atoms with E-state index in [1.54, 1.807) is 12.1 Å². The lowest BCUT2D eigenvalue weighted by molar-refractivity contribution is 0.0890. The molecule has 1 aliphatic rings. The summed E-state index contributed by atoms with van der Waals surface area (Å²) in [6, 6.07) is 14.1. The number of aromatic nitrogens is 2. The van der Waals surface area contributed by atoms with Gasteiger partial charge in [-0.15, -0.1) is 0 Å². The Balaban J connectivity index is 1.34. The molecule has 0 saturated carbocycles. The van der Waals surface area contributed by atoms with Crippen LogP contribution in [0.5, 0.6) is 0 Å². The number of carbonyl (C=O) groups is 1. The molecule has 0 bridgehead atoms. The van der Waals surface area contributed by atoms with E-state index in [0.717, 1.165) is 43.8 Å². The third-order valence-electron chi connectivity index (χ3n) is 5.53. The first-order chi connectivity index (χ1) is 13.1. The van der Waals surface area contributed by atoms with E-state index in [1.165, 1.54) is 17.6 Å². The lowest BCUT2D eigenvalue weighted by Crippen LogP contribution is -2.38. The molecule has 0 radical (unpaired) electrons. The molecule has 2 aromatic carbocycles. The maximum atomic E-state index is 13.0. The number of ketones is 1. The third kappa shape index (κ3) is 3.93. The van der Waals surface area contributed by atoms with Crippen molar-refractivity contribution in [2.75, 3.05) is 19.6 Å². The summed E-state index contributed by atoms with van der Waals surface area (Å²) in [6.45, 7) is 5.29. The van der Waals surface area contributed by atoms with E-state index in [4.69, 9.17) is 0 Å². The van der Waals surface area contributed by atoms with Gasteiger partial charge in [-0.25, -0.2) is 9.37 Å². The van der Waals surface area contributed by atoms with Crippen LogP contribution in [0.3, 0.4) is 0 Å². The SMILES string of the molecule is Cc1nc2ccccc2n1CC1CCN(CC(=O)c2ccc(F)cc2)CC1. The van der Waals surface area contributed by atoms with Gasteiger partial charge in [-0.2, -0.15) is 0 Å². The Morgan fingerprint density at radius 1 is 1.11 bits per heavy atom. The van der Waals surface area contributed by atoms with Crippen molar-refractivity contribution in [1.29, 1.82) is 0 Å². The van der Waals surface area contributed by atoms with E-state index < -0.39 is 0 Å². The number of benzene rings is 2. The molecule has 0 amide bonds. The second kappa shape index (κ2) is 7.61. The lowest BCUT2D eigenvalue weighted by atomic mass is 9.96. The van der Waals surface area contributed by atoms with E-state index in [0.29, 0.717) is 18.0 Å². The van der Waals surface area contributed by atoms with Crippen molar-refractivity contribution >= 4 is 16.8 Å². The number of para-hydroxylation sites is 2. The first-order valence-electron chi connectivity index (χ1n) is 9.53. The molecular weight excluding hydrogens is 341 g/mol. The second-order valence-electron chi connectivity index (χ2n) is 7.41. The van der Waals surface area contributed by atoms with E-state index in [9.17, 15) is 9.18 Å². The lowest BCUT2D eigenvalue weighted by Gasteiger charge is -2.32. The van der Waals surface area contributed by atoms with Gasteiger partial charge < -0.3 is 4.57 Å². The van der Waals surface area contributed by atoms with Gasteiger partial charge in [0.1, 0.15) is 11.6 Å². The highest BCUT2D eigenvalue weighted by molar-refractivity contribution is 5.97. The fraction of sp³-hybridized carbons (Fsp3) is 0.364. The number of carbonyl (C=O) groups excluding carboxylic acids is 1. The minimum atomic E-state index is -0.310. The van der Waals surface area contributed by atoms with Crippen molar-refractivity contribution in [3.05, 3.63) is 65.7 Å². The molecule has 0 spiro atoms. The second-order valence-corrected chi connectivity index (χ2v) is 7.41. The Labute approximate surface area is 158 Å². The average molecular weight is 365 g/mol. The van der Waals surface area contributed by atoms with Crippen LogP contribution in [0.2, 0.25) is 0 Å². The van der Waals surface area contributed by atoms with Crippen LogP contribution in [-0.4, -0.2) is 39.9 Å². The number of nitrogens with zero attached hydrogens (tertiary/aromatic N) is 3. The van der Waals surface area contributed by atoms with Crippen LogP contribution < -0.4 is 0 Å². The zero-order valence-corrected chi connectivity index (χ0v) is 15.6. The molecule has 4 rings (SSSR count). The fourth-order valence-electron chi connectivity index (χ4n) is 3.94. The van der Waals surface area contributed by atoms with Crippen LogP contribution >= 0.6 is 0 Å². The number of hydrogen-bond acceptors (Lipinski definition) is 3. The van der Waals surface area contributed by atoms with Crippen molar-refractivity contribution in [3.8, 4) is 0 Å². The molecule has 140 valence electrons. The van der Waals surface area contributed by atoms with Crippen molar-refractivity contribution < 1.29 is 9.18 Å². The van der Waals surface area contributed by atoms with Crippen LogP contribution in [0.4, 0.5) is 4.39 Å². The van der Waals surface area contributed by atoms with Gasteiger partial charge in [0.15, 0.2) is 5.78 Å². The Bertz CT molecular complexity index is 940. The average Bonchev–Trinajstić information content (AvgIpc) is 2.99. The molecular formula is C22H24FN3O. The minimum absolute atomic E-state index is 0.0601. The van der Waals surface area contributed by atoms with Crippen LogP contribution in [0.1, 0.15) is 29.0 Å². The Kier molecular flexibility index (Phi) is 5.03. The first-order valence-corrected chi connectivity index (χ1v) is 9.53. The summed E-state index contributed by atoms with van der Waals surface area (Å²) < 4.78 is 15.3. The monoisotopic (exact) mass is 365 g/mol. The molecule has 1 fully saturated rings. The van der Waals surface area contributed by atoms with Crippen molar-refractivity contribution in [2.24, 2.45) is 5.92 Å². The predicted molar refractivity (Wildman–Crippen MR) is 104 cm³/mol. The number of halogens is 1. The van der Waals surface area contributed by atoms with E-state index in [-0.39, 0.29) is 11.6 Å². The molecule has 4 nitrogen and oxygen atoms in total. The largest absolute Gasteiger partial charge is 0.328 e. The summed E-state index contributed by atoms with van der Waals surface area (Å²) >= 11 is 0. The van der Waals surface area contributed by atoms with Crippen LogP contribution in [0, 0.1) is 18.7 Å². The number of Topliss-reactive ketones (excluding diaryl/α,β-unsaturated/α-hetero) is 1. The van der Waals surface area contributed by atoms with Gasteiger partial charge in [0.25, 0.3) is 0 Å². The maximum absolute atomic E-state index is 13.0. The van der Waals surface area contributed by atoms with Crippen LogP contribution in [0.25, 0.3) is 11.0 Å². The Morgan fingerprint density at radius 3 is 2.56 bits per heavy atom. The van der Waals surface area contributed by atoms with Gasteiger partial charge in [0.2, 0.25) is 0 Å². The molecule has 2 heterocycles. The van der Waals surface area contributed by atoms with Gasteiger partial charge in [0.05, 0.1) is 17.6 Å². The van der Waals surface area contributed by atoms with Crippen molar-refractivity contribution in [2.45, 2.75) is 26.3 Å². The summed E-state index contributed by atoms with van der Waals surface area (Å²) in [7, 11) is 0. The minimum Gasteiger partial charge on any atom is -0.328 e.